The molecule has 1 aliphatic heterocycles. The van der Waals surface area contributed by atoms with Gasteiger partial charge < -0.3 is 15.5 Å². The molecule has 6 nitrogen and oxygen atoms in total. The number of nitrogens with zero attached hydrogens (tertiary/aromatic N) is 4. The van der Waals surface area contributed by atoms with Crippen LogP contribution in [0.2, 0.25) is 5.02 Å². The Kier molecular flexibility index (Phi) is 9.37. The first-order valence-corrected chi connectivity index (χ1v) is 10.0. The third-order valence-electron chi connectivity index (χ3n) is 4.70. The molecule has 1 aliphatic rings. The Morgan fingerprint density at radius 3 is 2.96 bits per heavy atom. The van der Waals surface area contributed by atoms with Crippen molar-refractivity contribution in [3.05, 3.63) is 47.2 Å². The van der Waals surface area contributed by atoms with Gasteiger partial charge in [0.1, 0.15) is 0 Å². The second-order valence-electron chi connectivity index (χ2n) is 6.94. The number of halogens is 2. The van der Waals surface area contributed by atoms with Crippen molar-refractivity contribution in [1.29, 1.82) is 0 Å². The minimum Gasteiger partial charge on any atom is -0.369 e. The van der Waals surface area contributed by atoms with E-state index in [4.69, 9.17) is 16.6 Å². The highest BCUT2D eigenvalue weighted by Crippen LogP contribution is 2.23. The zero-order valence-corrected chi connectivity index (χ0v) is 19.7. The summed E-state index contributed by atoms with van der Waals surface area (Å²) in [6.45, 7) is 5.74. The summed E-state index contributed by atoms with van der Waals surface area (Å²) in [4.78, 5) is 7.11. The number of anilines is 1. The Hall–Kier alpha value is -1.48. The summed E-state index contributed by atoms with van der Waals surface area (Å²) in [5, 5.41) is 11.9. The summed E-state index contributed by atoms with van der Waals surface area (Å²) in [7, 11) is 1.95. The smallest absolute Gasteiger partial charge is 0.191 e. The Labute approximate surface area is 189 Å². The van der Waals surface area contributed by atoms with Crippen LogP contribution in [0.15, 0.2) is 41.7 Å². The number of aliphatic imine (C=N–C) groups is 1. The second-order valence-corrected chi connectivity index (χ2v) is 7.38. The molecule has 8 heteroatoms. The van der Waals surface area contributed by atoms with Crippen LogP contribution in [0.25, 0.3) is 0 Å². The fourth-order valence-corrected chi connectivity index (χ4v) is 3.56. The monoisotopic (exact) mass is 516 g/mol. The molecule has 2 heterocycles. The predicted octanol–water partition coefficient (Wildman–Crippen LogP) is 3.46. The minimum absolute atomic E-state index is 0. The van der Waals surface area contributed by atoms with Gasteiger partial charge in [0.25, 0.3) is 0 Å². The number of guanidine groups is 1. The zero-order chi connectivity index (χ0) is 19.1. The molecule has 154 valence electrons. The third kappa shape index (κ3) is 6.84. The molecule has 3 rings (SSSR count). The van der Waals surface area contributed by atoms with Crippen molar-refractivity contribution in [3.63, 3.8) is 0 Å². The van der Waals surface area contributed by atoms with Crippen molar-refractivity contribution < 1.29 is 0 Å². The molecule has 1 aromatic heterocycles. The van der Waals surface area contributed by atoms with E-state index in [9.17, 15) is 0 Å². The highest BCUT2D eigenvalue weighted by molar-refractivity contribution is 14.0. The SMILES string of the molecule is CCNC(=NCCCc1cnn(C)c1)NC1CCN(c2cccc(Cl)c2)C1.I. The van der Waals surface area contributed by atoms with Gasteiger partial charge in [0, 0.05) is 56.2 Å². The van der Waals surface area contributed by atoms with Gasteiger partial charge in [-0.25, -0.2) is 0 Å². The average molecular weight is 517 g/mol. The predicted molar refractivity (Wildman–Crippen MR) is 128 cm³/mol. The quantitative estimate of drug-likeness (QED) is 0.256. The number of hydrogen-bond acceptors (Lipinski definition) is 3. The van der Waals surface area contributed by atoms with Crippen LogP contribution >= 0.6 is 35.6 Å². The molecular weight excluding hydrogens is 487 g/mol. The molecule has 0 bridgehead atoms. The van der Waals surface area contributed by atoms with Crippen molar-refractivity contribution in [2.24, 2.45) is 12.0 Å². The number of hydrogen-bond donors (Lipinski definition) is 2. The van der Waals surface area contributed by atoms with Gasteiger partial charge in [-0.2, -0.15) is 5.10 Å². The number of rotatable bonds is 7. The third-order valence-corrected chi connectivity index (χ3v) is 4.93. The standard InChI is InChI=1S/C20H29ClN6.HI/c1-3-22-20(23-10-5-6-16-13-24-26(2)14-16)25-18-9-11-27(15-18)19-8-4-7-17(21)12-19;/h4,7-8,12-14,18H,3,5-6,9-11,15H2,1-2H3,(H2,22,23,25);1H. The van der Waals surface area contributed by atoms with Crippen LogP contribution in [0.4, 0.5) is 5.69 Å². The Balaban J connectivity index is 0.00000280. The van der Waals surface area contributed by atoms with Crippen molar-refractivity contribution in [1.82, 2.24) is 20.4 Å². The largest absolute Gasteiger partial charge is 0.369 e. The zero-order valence-electron chi connectivity index (χ0n) is 16.6. The normalized spacial score (nSPS) is 16.8. The summed E-state index contributed by atoms with van der Waals surface area (Å²) >= 11 is 6.13. The van der Waals surface area contributed by atoms with Gasteiger partial charge in [-0.1, -0.05) is 17.7 Å². The number of aromatic nitrogens is 2. The van der Waals surface area contributed by atoms with E-state index >= 15 is 0 Å². The summed E-state index contributed by atoms with van der Waals surface area (Å²) in [5.74, 6) is 0.904. The summed E-state index contributed by atoms with van der Waals surface area (Å²) < 4.78 is 1.84. The molecule has 28 heavy (non-hydrogen) atoms. The maximum atomic E-state index is 6.13. The van der Waals surface area contributed by atoms with Crippen LogP contribution in [0.1, 0.15) is 25.3 Å². The van der Waals surface area contributed by atoms with Crippen molar-refractivity contribution in [3.8, 4) is 0 Å². The molecule has 0 spiro atoms. The Morgan fingerprint density at radius 1 is 1.39 bits per heavy atom. The first-order chi connectivity index (χ1) is 13.1. The van der Waals surface area contributed by atoms with Gasteiger partial charge in [-0.15, -0.1) is 24.0 Å². The van der Waals surface area contributed by atoms with Crippen LogP contribution in [-0.2, 0) is 13.5 Å². The highest BCUT2D eigenvalue weighted by atomic mass is 127. The lowest BCUT2D eigenvalue weighted by atomic mass is 10.2. The van der Waals surface area contributed by atoms with E-state index in [1.165, 1.54) is 11.3 Å². The van der Waals surface area contributed by atoms with Crippen molar-refractivity contribution in [2.45, 2.75) is 32.2 Å². The first kappa shape index (κ1) is 22.8. The van der Waals surface area contributed by atoms with E-state index in [0.29, 0.717) is 6.04 Å². The van der Waals surface area contributed by atoms with Crippen LogP contribution in [0.5, 0.6) is 0 Å². The first-order valence-electron chi connectivity index (χ1n) is 9.67. The van der Waals surface area contributed by atoms with Gasteiger partial charge in [0.2, 0.25) is 0 Å². The molecule has 1 aromatic carbocycles. The maximum Gasteiger partial charge on any atom is 0.191 e. The lowest BCUT2D eigenvalue weighted by Gasteiger charge is -2.20. The summed E-state index contributed by atoms with van der Waals surface area (Å²) in [6, 6.07) is 8.46. The number of nitrogens with one attached hydrogen (secondary N) is 2. The number of benzene rings is 1. The second kappa shape index (κ2) is 11.5. The van der Waals surface area contributed by atoms with Gasteiger partial charge in [-0.05, 0) is 49.9 Å². The molecule has 0 radical (unpaired) electrons. The number of aryl methyl sites for hydroxylation is 2. The topological polar surface area (TPSA) is 57.5 Å². The van der Waals surface area contributed by atoms with Crippen LogP contribution < -0.4 is 15.5 Å². The Morgan fingerprint density at radius 2 is 2.25 bits per heavy atom. The fraction of sp³-hybridized carbons (Fsp3) is 0.500. The summed E-state index contributed by atoms with van der Waals surface area (Å²) in [6.07, 6.45) is 7.10. The lowest BCUT2D eigenvalue weighted by Crippen LogP contribution is -2.44. The molecule has 2 N–H and O–H groups in total. The molecule has 2 aromatic rings. The van der Waals surface area contributed by atoms with Gasteiger partial charge in [0.05, 0.1) is 6.20 Å². The molecule has 1 fully saturated rings. The van der Waals surface area contributed by atoms with Gasteiger partial charge in [-0.3, -0.25) is 9.67 Å². The van der Waals surface area contributed by atoms with E-state index in [0.717, 1.165) is 56.4 Å². The molecule has 0 aliphatic carbocycles. The van der Waals surface area contributed by atoms with Gasteiger partial charge in [0.15, 0.2) is 5.96 Å². The van der Waals surface area contributed by atoms with E-state index in [2.05, 4.69) is 39.8 Å². The van der Waals surface area contributed by atoms with Crippen LogP contribution in [-0.4, -0.2) is 48.0 Å². The lowest BCUT2D eigenvalue weighted by molar-refractivity contribution is 0.647. The van der Waals surface area contributed by atoms with E-state index in [1.54, 1.807) is 0 Å². The maximum absolute atomic E-state index is 6.13. The highest BCUT2D eigenvalue weighted by Gasteiger charge is 2.23. The minimum atomic E-state index is 0. The Bertz CT molecular complexity index is 763. The van der Waals surface area contributed by atoms with Crippen LogP contribution in [0.3, 0.4) is 0 Å². The van der Waals surface area contributed by atoms with E-state index in [1.807, 2.05) is 36.1 Å². The molecule has 0 amide bonds. The van der Waals surface area contributed by atoms with E-state index < -0.39 is 0 Å². The molecular formula is C20H30ClIN6. The fourth-order valence-electron chi connectivity index (χ4n) is 3.37. The van der Waals surface area contributed by atoms with E-state index in [-0.39, 0.29) is 24.0 Å². The summed E-state index contributed by atoms with van der Waals surface area (Å²) in [5.41, 5.74) is 2.45. The molecule has 1 saturated heterocycles. The molecule has 1 unspecified atom stereocenters. The van der Waals surface area contributed by atoms with Gasteiger partial charge >= 0.3 is 0 Å². The van der Waals surface area contributed by atoms with Crippen molar-refractivity contribution in [2.75, 3.05) is 31.1 Å². The van der Waals surface area contributed by atoms with Crippen LogP contribution in [0, 0.1) is 0 Å². The molecule has 0 saturated carbocycles. The average Bonchev–Trinajstić information content (AvgIpc) is 3.28. The molecule has 1 atom stereocenters. The van der Waals surface area contributed by atoms with Crippen molar-refractivity contribution >= 4 is 47.2 Å².